The molecule has 0 bridgehead atoms. The Morgan fingerprint density at radius 1 is 1.25 bits per heavy atom. The Morgan fingerprint density at radius 2 is 1.92 bits per heavy atom. The van der Waals surface area contributed by atoms with Crippen LogP contribution in [0.25, 0.3) is 0 Å². The van der Waals surface area contributed by atoms with Crippen molar-refractivity contribution < 1.29 is 14.3 Å². The lowest BCUT2D eigenvalue weighted by atomic mass is 10.0. The van der Waals surface area contributed by atoms with Crippen molar-refractivity contribution in [1.29, 1.82) is 0 Å². The van der Waals surface area contributed by atoms with E-state index in [-0.39, 0.29) is 18.1 Å². The van der Waals surface area contributed by atoms with Crippen molar-refractivity contribution in [1.82, 2.24) is 9.80 Å². The van der Waals surface area contributed by atoms with Crippen LogP contribution in [-0.2, 0) is 16.0 Å². The Kier molecular flexibility index (Phi) is 6.24. The van der Waals surface area contributed by atoms with E-state index in [1.54, 1.807) is 12.0 Å². The number of amides is 1. The van der Waals surface area contributed by atoms with E-state index < -0.39 is 5.60 Å². The molecule has 1 aliphatic heterocycles. The summed E-state index contributed by atoms with van der Waals surface area (Å²) in [6, 6.07) is 10.5. The fourth-order valence-corrected chi connectivity index (χ4v) is 3.20. The Hall–Kier alpha value is -1.59. The van der Waals surface area contributed by atoms with Crippen molar-refractivity contribution in [2.75, 3.05) is 33.9 Å². The summed E-state index contributed by atoms with van der Waals surface area (Å²) in [4.78, 5) is 16.5. The number of hydrogen-bond donors (Lipinski definition) is 0. The average molecular weight is 334 g/mol. The summed E-state index contributed by atoms with van der Waals surface area (Å²) in [6.45, 7) is 8.95. The van der Waals surface area contributed by atoms with Crippen LogP contribution in [-0.4, -0.2) is 61.4 Å². The van der Waals surface area contributed by atoms with Gasteiger partial charge in [0.2, 0.25) is 0 Å². The molecule has 1 aromatic rings. The van der Waals surface area contributed by atoms with Crippen LogP contribution in [0.1, 0.15) is 26.3 Å². The molecule has 1 saturated heterocycles. The number of rotatable bonds is 5. The second kappa shape index (κ2) is 7.99. The van der Waals surface area contributed by atoms with Gasteiger partial charge in [0, 0.05) is 39.7 Å². The van der Waals surface area contributed by atoms with Crippen LogP contribution in [0, 0.1) is 5.92 Å². The zero-order chi connectivity index (χ0) is 17.7. The summed E-state index contributed by atoms with van der Waals surface area (Å²) in [5.74, 6) is 0.288. The second-order valence-electron chi connectivity index (χ2n) is 7.55. The average Bonchev–Trinajstić information content (AvgIpc) is 2.88. The Labute approximate surface area is 145 Å². The third kappa shape index (κ3) is 5.21. The third-order valence-corrected chi connectivity index (χ3v) is 4.29. The van der Waals surface area contributed by atoms with Gasteiger partial charge in [-0.2, -0.15) is 0 Å². The molecule has 1 amide bonds. The first-order valence-corrected chi connectivity index (χ1v) is 8.51. The number of likely N-dealkylation sites (tertiary alicyclic amines) is 1. The maximum Gasteiger partial charge on any atom is 0.410 e. The van der Waals surface area contributed by atoms with E-state index in [0.717, 1.165) is 19.6 Å². The zero-order valence-corrected chi connectivity index (χ0v) is 15.5. The van der Waals surface area contributed by atoms with Crippen LogP contribution in [0.3, 0.4) is 0 Å². The zero-order valence-electron chi connectivity index (χ0n) is 15.5. The lowest BCUT2D eigenvalue weighted by Gasteiger charge is -2.31. The van der Waals surface area contributed by atoms with E-state index in [2.05, 4.69) is 29.2 Å². The molecule has 0 aliphatic carbocycles. The maximum absolute atomic E-state index is 12.4. The number of benzene rings is 1. The smallest absolute Gasteiger partial charge is 0.410 e. The molecule has 1 heterocycles. The van der Waals surface area contributed by atoms with E-state index in [9.17, 15) is 4.79 Å². The van der Waals surface area contributed by atoms with E-state index in [1.165, 1.54) is 5.56 Å². The van der Waals surface area contributed by atoms with Crippen molar-refractivity contribution in [3.05, 3.63) is 35.9 Å². The highest BCUT2D eigenvalue weighted by molar-refractivity contribution is 5.68. The first-order chi connectivity index (χ1) is 11.3. The van der Waals surface area contributed by atoms with Gasteiger partial charge < -0.3 is 14.4 Å². The van der Waals surface area contributed by atoms with Gasteiger partial charge in [-0.05, 0) is 26.3 Å². The number of nitrogens with zero attached hydrogens (tertiary/aromatic N) is 2. The van der Waals surface area contributed by atoms with Gasteiger partial charge in [0.1, 0.15) is 5.60 Å². The van der Waals surface area contributed by atoms with Gasteiger partial charge in [0.25, 0.3) is 0 Å². The minimum atomic E-state index is -0.482. The van der Waals surface area contributed by atoms with Crippen molar-refractivity contribution in [2.45, 2.75) is 39.0 Å². The molecule has 2 unspecified atom stereocenters. The fraction of sp³-hybridized carbons (Fsp3) is 0.632. The van der Waals surface area contributed by atoms with Crippen molar-refractivity contribution in [3.8, 4) is 0 Å². The number of carbonyl (C=O) groups excluding carboxylic acids is 1. The van der Waals surface area contributed by atoms with Crippen LogP contribution in [0.4, 0.5) is 4.79 Å². The van der Waals surface area contributed by atoms with Gasteiger partial charge in [-0.15, -0.1) is 0 Å². The van der Waals surface area contributed by atoms with Crippen LogP contribution < -0.4 is 0 Å². The number of likely N-dealkylation sites (N-methyl/N-ethyl adjacent to an activating group) is 1. The lowest BCUT2D eigenvalue weighted by molar-refractivity contribution is 0.0158. The highest BCUT2D eigenvalue weighted by Gasteiger charge is 2.38. The molecule has 1 aromatic carbocycles. The predicted molar refractivity (Wildman–Crippen MR) is 94.9 cm³/mol. The highest BCUT2D eigenvalue weighted by Crippen LogP contribution is 2.25. The summed E-state index contributed by atoms with van der Waals surface area (Å²) >= 11 is 0. The Balaban J connectivity index is 2.02. The van der Waals surface area contributed by atoms with Gasteiger partial charge in [0.05, 0.1) is 12.6 Å². The topological polar surface area (TPSA) is 42.0 Å². The van der Waals surface area contributed by atoms with Gasteiger partial charge in [0.15, 0.2) is 0 Å². The molecule has 0 N–H and O–H groups in total. The molecule has 134 valence electrons. The fourth-order valence-electron chi connectivity index (χ4n) is 3.20. The highest BCUT2D eigenvalue weighted by atomic mass is 16.6. The standard InChI is InChI=1S/C19H30N2O3/c1-19(2,3)24-18(22)20(4)17-13-21(12-16(17)14-23-5)11-15-9-7-6-8-10-15/h6-10,16-17H,11-14H2,1-5H3. The van der Waals surface area contributed by atoms with Crippen molar-refractivity contribution in [2.24, 2.45) is 5.92 Å². The Morgan fingerprint density at radius 3 is 2.50 bits per heavy atom. The summed E-state index contributed by atoms with van der Waals surface area (Å²) < 4.78 is 10.9. The minimum Gasteiger partial charge on any atom is -0.444 e. The first kappa shape index (κ1) is 18.7. The minimum absolute atomic E-state index is 0.100. The molecule has 24 heavy (non-hydrogen) atoms. The largest absolute Gasteiger partial charge is 0.444 e. The number of hydrogen-bond acceptors (Lipinski definition) is 4. The summed E-state index contributed by atoms with van der Waals surface area (Å²) in [5.41, 5.74) is 0.805. The summed E-state index contributed by atoms with van der Waals surface area (Å²) in [5, 5.41) is 0. The predicted octanol–water partition coefficient (Wildman–Crippen LogP) is 3.00. The molecular formula is C19H30N2O3. The SMILES string of the molecule is COCC1CN(Cc2ccccc2)CC1N(C)C(=O)OC(C)(C)C. The molecule has 1 fully saturated rings. The van der Waals surface area contributed by atoms with Gasteiger partial charge >= 0.3 is 6.09 Å². The van der Waals surface area contributed by atoms with Crippen molar-refractivity contribution >= 4 is 6.09 Å². The molecule has 5 heteroatoms. The molecule has 0 aromatic heterocycles. The lowest BCUT2D eigenvalue weighted by Crippen LogP contribution is -2.45. The molecule has 5 nitrogen and oxygen atoms in total. The van der Waals surface area contributed by atoms with Crippen LogP contribution in [0.15, 0.2) is 30.3 Å². The summed E-state index contributed by atoms with van der Waals surface area (Å²) in [7, 11) is 3.54. The quantitative estimate of drug-likeness (QED) is 0.830. The van der Waals surface area contributed by atoms with Gasteiger partial charge in [-0.25, -0.2) is 4.79 Å². The molecule has 2 rings (SSSR count). The van der Waals surface area contributed by atoms with E-state index >= 15 is 0 Å². The number of methoxy groups -OCH3 is 1. The van der Waals surface area contributed by atoms with E-state index in [4.69, 9.17) is 9.47 Å². The van der Waals surface area contributed by atoms with Crippen LogP contribution >= 0.6 is 0 Å². The third-order valence-electron chi connectivity index (χ3n) is 4.29. The molecule has 0 saturated carbocycles. The van der Waals surface area contributed by atoms with E-state index in [0.29, 0.717) is 6.61 Å². The Bertz CT molecular complexity index is 527. The molecular weight excluding hydrogens is 304 g/mol. The van der Waals surface area contributed by atoms with Gasteiger partial charge in [-0.3, -0.25) is 4.90 Å². The molecule has 0 spiro atoms. The molecule has 1 aliphatic rings. The molecule has 2 atom stereocenters. The van der Waals surface area contributed by atoms with Crippen LogP contribution in [0.5, 0.6) is 0 Å². The maximum atomic E-state index is 12.4. The normalized spacial score (nSPS) is 21.7. The number of carbonyl (C=O) groups is 1. The first-order valence-electron chi connectivity index (χ1n) is 8.51. The van der Waals surface area contributed by atoms with E-state index in [1.807, 2.05) is 33.9 Å². The van der Waals surface area contributed by atoms with Crippen LogP contribution in [0.2, 0.25) is 0 Å². The number of ether oxygens (including phenoxy) is 2. The summed E-state index contributed by atoms with van der Waals surface area (Å²) in [6.07, 6.45) is -0.268. The second-order valence-corrected chi connectivity index (χ2v) is 7.55. The monoisotopic (exact) mass is 334 g/mol. The molecule has 0 radical (unpaired) electrons. The van der Waals surface area contributed by atoms with Crippen molar-refractivity contribution in [3.63, 3.8) is 0 Å². The van der Waals surface area contributed by atoms with Gasteiger partial charge in [-0.1, -0.05) is 30.3 Å².